The summed E-state index contributed by atoms with van der Waals surface area (Å²) in [5.74, 6) is 0.0954. The lowest BCUT2D eigenvalue weighted by atomic mass is 10.1. The van der Waals surface area contributed by atoms with Crippen LogP contribution in [0.3, 0.4) is 0 Å². The number of amides is 2. The summed E-state index contributed by atoms with van der Waals surface area (Å²) in [4.78, 5) is 29.7. The van der Waals surface area contributed by atoms with Crippen LogP contribution in [0, 0.1) is 6.92 Å². The normalized spacial score (nSPS) is 13.6. The van der Waals surface area contributed by atoms with Crippen molar-refractivity contribution in [1.29, 1.82) is 0 Å². The SMILES string of the molecule is Cc1cccc(NCN2C(=O)c3ccccc3C2=O)n1. The average Bonchev–Trinajstić information content (AvgIpc) is 2.70. The van der Waals surface area contributed by atoms with Crippen molar-refractivity contribution in [2.24, 2.45) is 0 Å². The van der Waals surface area contributed by atoms with E-state index >= 15 is 0 Å². The Labute approximate surface area is 116 Å². The van der Waals surface area contributed by atoms with Crippen LogP contribution >= 0.6 is 0 Å². The highest BCUT2D eigenvalue weighted by atomic mass is 16.2. The van der Waals surface area contributed by atoms with Crippen molar-refractivity contribution < 1.29 is 9.59 Å². The van der Waals surface area contributed by atoms with Crippen LogP contribution in [-0.4, -0.2) is 28.4 Å². The summed E-state index contributed by atoms with van der Waals surface area (Å²) in [7, 11) is 0. The molecule has 1 aliphatic heterocycles. The van der Waals surface area contributed by atoms with E-state index in [0.717, 1.165) is 5.69 Å². The van der Waals surface area contributed by atoms with Gasteiger partial charge in [0.05, 0.1) is 17.8 Å². The van der Waals surface area contributed by atoms with Crippen molar-refractivity contribution in [1.82, 2.24) is 9.88 Å². The van der Waals surface area contributed by atoms with Gasteiger partial charge in [-0.25, -0.2) is 4.98 Å². The highest BCUT2D eigenvalue weighted by Crippen LogP contribution is 2.22. The van der Waals surface area contributed by atoms with E-state index < -0.39 is 0 Å². The minimum absolute atomic E-state index is 0.114. The van der Waals surface area contributed by atoms with Crippen molar-refractivity contribution >= 4 is 17.6 Å². The number of aryl methyl sites for hydroxylation is 1. The maximum atomic E-state index is 12.1. The standard InChI is InChI=1S/C15H13N3O2/c1-10-5-4-8-13(17-10)16-9-18-14(19)11-6-2-3-7-12(11)15(18)20/h2-8H,9H2,1H3,(H,16,17). The Morgan fingerprint density at radius 1 is 1.00 bits per heavy atom. The lowest BCUT2D eigenvalue weighted by Crippen LogP contribution is -2.34. The summed E-state index contributed by atoms with van der Waals surface area (Å²) >= 11 is 0. The molecule has 0 unspecified atom stereocenters. The molecule has 1 N–H and O–H groups in total. The van der Waals surface area contributed by atoms with E-state index in [0.29, 0.717) is 16.9 Å². The van der Waals surface area contributed by atoms with Crippen LogP contribution in [0.4, 0.5) is 5.82 Å². The van der Waals surface area contributed by atoms with Crippen molar-refractivity contribution in [2.75, 3.05) is 12.0 Å². The maximum absolute atomic E-state index is 12.1. The summed E-state index contributed by atoms with van der Waals surface area (Å²) in [6.07, 6.45) is 0. The highest BCUT2D eigenvalue weighted by molar-refractivity contribution is 6.21. The predicted molar refractivity (Wildman–Crippen MR) is 74.4 cm³/mol. The number of carbonyl (C=O) groups is 2. The van der Waals surface area contributed by atoms with Gasteiger partial charge in [0.2, 0.25) is 0 Å². The number of fused-ring (bicyclic) bond motifs is 1. The number of nitrogens with one attached hydrogen (secondary N) is 1. The number of rotatable bonds is 3. The summed E-state index contributed by atoms with van der Waals surface area (Å²) < 4.78 is 0. The Balaban J connectivity index is 1.77. The van der Waals surface area contributed by atoms with E-state index in [1.54, 1.807) is 30.3 Å². The molecular weight excluding hydrogens is 254 g/mol. The fourth-order valence-electron chi connectivity index (χ4n) is 2.18. The molecular formula is C15H13N3O2. The molecule has 0 aliphatic carbocycles. The zero-order valence-electron chi connectivity index (χ0n) is 11.0. The fourth-order valence-corrected chi connectivity index (χ4v) is 2.18. The van der Waals surface area contributed by atoms with E-state index in [-0.39, 0.29) is 18.5 Å². The second-order valence-electron chi connectivity index (χ2n) is 4.58. The first-order valence-electron chi connectivity index (χ1n) is 6.29. The molecule has 5 heteroatoms. The molecule has 3 rings (SSSR count). The molecule has 2 heterocycles. The summed E-state index contributed by atoms with van der Waals surface area (Å²) in [5.41, 5.74) is 1.78. The molecule has 1 aliphatic rings. The van der Waals surface area contributed by atoms with Crippen LogP contribution in [0.1, 0.15) is 26.4 Å². The molecule has 1 aromatic heterocycles. The molecule has 0 bridgehead atoms. The predicted octanol–water partition coefficient (Wildman–Crippen LogP) is 2.06. The lowest BCUT2D eigenvalue weighted by Gasteiger charge is -2.15. The van der Waals surface area contributed by atoms with Gasteiger partial charge < -0.3 is 5.32 Å². The van der Waals surface area contributed by atoms with Gasteiger partial charge in [-0.05, 0) is 31.2 Å². The third-order valence-electron chi connectivity index (χ3n) is 3.18. The zero-order chi connectivity index (χ0) is 14.1. The molecule has 0 atom stereocenters. The smallest absolute Gasteiger partial charge is 0.263 e. The first-order valence-corrected chi connectivity index (χ1v) is 6.29. The number of hydrogen-bond donors (Lipinski definition) is 1. The van der Waals surface area contributed by atoms with Crippen LogP contribution in [0.2, 0.25) is 0 Å². The topological polar surface area (TPSA) is 62.3 Å². The molecule has 2 aromatic rings. The Morgan fingerprint density at radius 3 is 2.25 bits per heavy atom. The molecule has 2 amide bonds. The minimum atomic E-state index is -0.272. The van der Waals surface area contributed by atoms with Gasteiger partial charge in [-0.3, -0.25) is 14.5 Å². The molecule has 20 heavy (non-hydrogen) atoms. The number of aromatic nitrogens is 1. The minimum Gasteiger partial charge on any atom is -0.352 e. The van der Waals surface area contributed by atoms with Gasteiger partial charge in [-0.1, -0.05) is 18.2 Å². The van der Waals surface area contributed by atoms with Gasteiger partial charge in [0.25, 0.3) is 11.8 Å². The molecule has 1 aromatic carbocycles. The van der Waals surface area contributed by atoms with Gasteiger partial charge in [0.1, 0.15) is 5.82 Å². The molecule has 100 valence electrons. The molecule has 5 nitrogen and oxygen atoms in total. The summed E-state index contributed by atoms with van der Waals surface area (Å²) in [6, 6.07) is 12.4. The number of imide groups is 1. The van der Waals surface area contributed by atoms with Gasteiger partial charge in [-0.2, -0.15) is 0 Å². The number of pyridine rings is 1. The number of hydrogen-bond acceptors (Lipinski definition) is 4. The van der Waals surface area contributed by atoms with Crippen LogP contribution in [0.25, 0.3) is 0 Å². The number of benzene rings is 1. The molecule has 0 spiro atoms. The third-order valence-corrected chi connectivity index (χ3v) is 3.18. The molecule has 0 saturated heterocycles. The number of nitrogens with zero attached hydrogens (tertiary/aromatic N) is 2. The van der Waals surface area contributed by atoms with E-state index in [1.165, 1.54) is 4.90 Å². The van der Waals surface area contributed by atoms with Crippen LogP contribution < -0.4 is 5.32 Å². The van der Waals surface area contributed by atoms with Crippen molar-refractivity contribution in [3.05, 3.63) is 59.3 Å². The van der Waals surface area contributed by atoms with Crippen LogP contribution in [0.15, 0.2) is 42.5 Å². The third kappa shape index (κ3) is 2.03. The van der Waals surface area contributed by atoms with Crippen molar-refractivity contribution in [3.63, 3.8) is 0 Å². The summed E-state index contributed by atoms with van der Waals surface area (Å²) in [5, 5.41) is 3.00. The first kappa shape index (κ1) is 12.3. The maximum Gasteiger partial charge on any atom is 0.263 e. The van der Waals surface area contributed by atoms with E-state index in [1.807, 2.05) is 19.1 Å². The Hall–Kier alpha value is -2.69. The van der Waals surface area contributed by atoms with E-state index in [2.05, 4.69) is 10.3 Å². The molecule has 0 fully saturated rings. The highest BCUT2D eigenvalue weighted by Gasteiger charge is 2.34. The van der Waals surface area contributed by atoms with Crippen LogP contribution in [0.5, 0.6) is 0 Å². The largest absolute Gasteiger partial charge is 0.352 e. The van der Waals surface area contributed by atoms with E-state index in [9.17, 15) is 9.59 Å². The van der Waals surface area contributed by atoms with Crippen molar-refractivity contribution in [2.45, 2.75) is 6.92 Å². The molecule has 0 radical (unpaired) electrons. The quantitative estimate of drug-likeness (QED) is 0.865. The first-order chi connectivity index (χ1) is 9.66. The average molecular weight is 267 g/mol. The zero-order valence-corrected chi connectivity index (χ0v) is 11.0. The van der Waals surface area contributed by atoms with Crippen molar-refractivity contribution in [3.8, 4) is 0 Å². The fraction of sp³-hybridized carbons (Fsp3) is 0.133. The van der Waals surface area contributed by atoms with Gasteiger partial charge in [0, 0.05) is 5.69 Å². The van der Waals surface area contributed by atoms with Gasteiger partial charge in [0.15, 0.2) is 0 Å². The lowest BCUT2D eigenvalue weighted by molar-refractivity contribution is 0.0665. The number of carbonyl (C=O) groups excluding carboxylic acids is 2. The second kappa shape index (κ2) is 4.77. The van der Waals surface area contributed by atoms with Gasteiger partial charge in [-0.15, -0.1) is 0 Å². The van der Waals surface area contributed by atoms with Crippen LogP contribution in [-0.2, 0) is 0 Å². The number of anilines is 1. The Morgan fingerprint density at radius 2 is 1.65 bits per heavy atom. The molecule has 0 saturated carbocycles. The monoisotopic (exact) mass is 267 g/mol. The Bertz CT molecular complexity index is 662. The van der Waals surface area contributed by atoms with Gasteiger partial charge >= 0.3 is 0 Å². The second-order valence-corrected chi connectivity index (χ2v) is 4.58. The van der Waals surface area contributed by atoms with E-state index in [4.69, 9.17) is 0 Å². The summed E-state index contributed by atoms with van der Waals surface area (Å²) in [6.45, 7) is 2.00. The Kier molecular flexibility index (Phi) is 2.95.